The number of likely N-dealkylation sites (tertiary alicyclic amines) is 1. The molecule has 1 saturated heterocycles. The van der Waals surface area contributed by atoms with Crippen LogP contribution < -0.4 is 4.74 Å². The zero-order chi connectivity index (χ0) is 15.4. The van der Waals surface area contributed by atoms with Crippen molar-refractivity contribution in [1.29, 1.82) is 0 Å². The van der Waals surface area contributed by atoms with Crippen LogP contribution in [-0.4, -0.2) is 28.9 Å². The Morgan fingerprint density at radius 3 is 2.91 bits per heavy atom. The summed E-state index contributed by atoms with van der Waals surface area (Å²) in [4.78, 5) is 19.0. The van der Waals surface area contributed by atoms with Crippen LogP contribution in [0, 0.1) is 6.92 Å². The van der Waals surface area contributed by atoms with Crippen molar-refractivity contribution in [2.75, 3.05) is 13.2 Å². The minimum absolute atomic E-state index is 0.0430. The van der Waals surface area contributed by atoms with Gasteiger partial charge in [-0.2, -0.15) is 0 Å². The summed E-state index contributed by atoms with van der Waals surface area (Å²) in [5.74, 6) is 0.774. The van der Waals surface area contributed by atoms with Crippen LogP contribution in [0.25, 0.3) is 0 Å². The molecule has 3 rings (SSSR count). The van der Waals surface area contributed by atoms with Gasteiger partial charge in [0.2, 0.25) is 0 Å². The lowest BCUT2D eigenvalue weighted by molar-refractivity contribution is -0.137. The number of para-hydroxylation sites is 1. The van der Waals surface area contributed by atoms with Crippen molar-refractivity contribution in [2.24, 2.45) is 0 Å². The van der Waals surface area contributed by atoms with E-state index in [1.165, 1.54) is 0 Å². The zero-order valence-corrected chi connectivity index (χ0v) is 13.5. The summed E-state index contributed by atoms with van der Waals surface area (Å²) in [6.07, 6.45) is 3.19. The van der Waals surface area contributed by atoms with Crippen LogP contribution in [0.5, 0.6) is 5.75 Å². The van der Waals surface area contributed by atoms with Gasteiger partial charge in [-0.3, -0.25) is 4.79 Å². The topological polar surface area (TPSA) is 42.4 Å². The van der Waals surface area contributed by atoms with Gasteiger partial charge in [0.25, 0.3) is 5.91 Å². The number of nitrogens with zero attached hydrogens (tertiary/aromatic N) is 2. The van der Waals surface area contributed by atoms with E-state index in [1.807, 2.05) is 47.5 Å². The lowest BCUT2D eigenvalue weighted by Gasteiger charge is -2.34. The average molecular weight is 316 g/mol. The minimum atomic E-state index is 0.0430. The molecule has 1 aromatic heterocycles. The summed E-state index contributed by atoms with van der Waals surface area (Å²) in [7, 11) is 0. The fourth-order valence-electron chi connectivity index (χ4n) is 2.76. The molecule has 1 aliphatic rings. The van der Waals surface area contributed by atoms with Crippen molar-refractivity contribution in [3.8, 4) is 5.75 Å². The predicted molar refractivity (Wildman–Crippen MR) is 87.1 cm³/mol. The Morgan fingerprint density at radius 1 is 1.36 bits per heavy atom. The minimum Gasteiger partial charge on any atom is -0.484 e. The van der Waals surface area contributed by atoms with Crippen molar-refractivity contribution < 1.29 is 9.53 Å². The number of aromatic nitrogens is 1. The van der Waals surface area contributed by atoms with Crippen LogP contribution in [-0.2, 0) is 4.79 Å². The van der Waals surface area contributed by atoms with E-state index in [4.69, 9.17) is 4.74 Å². The quantitative estimate of drug-likeness (QED) is 0.866. The molecule has 0 N–H and O–H groups in total. The maximum absolute atomic E-state index is 12.5. The number of benzene rings is 1. The molecule has 4 nitrogen and oxygen atoms in total. The Morgan fingerprint density at radius 2 is 2.18 bits per heavy atom. The first kappa shape index (κ1) is 15.0. The van der Waals surface area contributed by atoms with E-state index in [1.54, 1.807) is 11.3 Å². The normalized spacial score (nSPS) is 18.2. The average Bonchev–Trinajstić information content (AvgIpc) is 3.00. The molecule has 0 saturated carbocycles. The highest BCUT2D eigenvalue weighted by atomic mass is 32.1. The largest absolute Gasteiger partial charge is 0.484 e. The van der Waals surface area contributed by atoms with Crippen LogP contribution in [0.4, 0.5) is 0 Å². The maximum Gasteiger partial charge on any atom is 0.261 e. The van der Waals surface area contributed by atoms with E-state index in [9.17, 15) is 4.79 Å². The molecular weight excluding hydrogens is 296 g/mol. The van der Waals surface area contributed by atoms with Gasteiger partial charge >= 0.3 is 0 Å². The smallest absolute Gasteiger partial charge is 0.261 e. The van der Waals surface area contributed by atoms with Gasteiger partial charge in [0.15, 0.2) is 6.61 Å². The van der Waals surface area contributed by atoms with Gasteiger partial charge < -0.3 is 9.64 Å². The van der Waals surface area contributed by atoms with Gasteiger partial charge in [0.05, 0.1) is 6.04 Å². The molecule has 0 aliphatic carbocycles. The van der Waals surface area contributed by atoms with Crippen LogP contribution in [0.2, 0.25) is 0 Å². The Labute approximate surface area is 134 Å². The highest BCUT2D eigenvalue weighted by Gasteiger charge is 2.30. The van der Waals surface area contributed by atoms with Gasteiger partial charge in [-0.15, -0.1) is 11.3 Å². The van der Waals surface area contributed by atoms with Crippen LogP contribution in [0.15, 0.2) is 35.7 Å². The van der Waals surface area contributed by atoms with Crippen LogP contribution >= 0.6 is 11.3 Å². The van der Waals surface area contributed by atoms with E-state index in [0.717, 1.165) is 42.3 Å². The fraction of sp³-hybridized carbons (Fsp3) is 0.412. The Kier molecular flexibility index (Phi) is 4.73. The number of hydrogen-bond acceptors (Lipinski definition) is 4. The second-order valence-corrected chi connectivity index (χ2v) is 6.42. The van der Waals surface area contributed by atoms with Crippen molar-refractivity contribution in [3.63, 3.8) is 0 Å². The molecule has 2 aromatic rings. The van der Waals surface area contributed by atoms with Gasteiger partial charge in [-0.05, 0) is 38.3 Å². The first-order valence-electron chi connectivity index (χ1n) is 7.63. The molecule has 116 valence electrons. The predicted octanol–water partition coefficient (Wildman–Crippen LogP) is 3.58. The molecule has 0 spiro atoms. The lowest BCUT2D eigenvalue weighted by atomic mass is 10.0. The molecule has 22 heavy (non-hydrogen) atoms. The van der Waals surface area contributed by atoms with E-state index >= 15 is 0 Å². The number of hydrogen-bond donors (Lipinski definition) is 0. The molecular formula is C17H20N2O2S. The van der Waals surface area contributed by atoms with E-state index in [2.05, 4.69) is 4.98 Å². The van der Waals surface area contributed by atoms with E-state index in [0.29, 0.717) is 0 Å². The summed E-state index contributed by atoms with van der Waals surface area (Å²) in [6, 6.07) is 9.58. The number of rotatable bonds is 4. The molecule has 5 heteroatoms. The van der Waals surface area contributed by atoms with Crippen LogP contribution in [0.1, 0.15) is 36.0 Å². The molecule has 1 atom stereocenters. The molecule has 0 radical (unpaired) electrons. The van der Waals surface area contributed by atoms with Gasteiger partial charge in [-0.25, -0.2) is 4.98 Å². The number of carbonyl (C=O) groups excluding carboxylic acids is 1. The standard InChI is InChI=1S/C17H20N2O2S/c1-13-12-22-17(18-13)15-9-5-6-10-19(15)16(20)11-21-14-7-3-2-4-8-14/h2-4,7-8,12,15H,5-6,9-11H2,1H3/t15-/m1/s1. The third-order valence-corrected chi connectivity index (χ3v) is 4.91. The van der Waals surface area contributed by atoms with Crippen molar-refractivity contribution in [3.05, 3.63) is 46.4 Å². The molecule has 1 amide bonds. The van der Waals surface area contributed by atoms with Gasteiger partial charge in [-0.1, -0.05) is 18.2 Å². The Bertz CT molecular complexity index is 627. The molecule has 2 heterocycles. The molecule has 0 unspecified atom stereocenters. The molecule has 1 fully saturated rings. The zero-order valence-electron chi connectivity index (χ0n) is 12.7. The second-order valence-electron chi connectivity index (χ2n) is 5.53. The maximum atomic E-state index is 12.5. The molecule has 0 bridgehead atoms. The molecule has 1 aliphatic heterocycles. The summed E-state index contributed by atoms with van der Waals surface area (Å²) >= 11 is 1.65. The lowest BCUT2D eigenvalue weighted by Crippen LogP contribution is -2.41. The number of ether oxygens (including phenoxy) is 1. The SMILES string of the molecule is Cc1csc([C@H]2CCCCN2C(=O)COc2ccccc2)n1. The van der Waals surface area contributed by atoms with E-state index < -0.39 is 0 Å². The number of aryl methyl sites for hydroxylation is 1. The highest BCUT2D eigenvalue weighted by molar-refractivity contribution is 7.09. The monoisotopic (exact) mass is 316 g/mol. The third kappa shape index (κ3) is 3.47. The van der Waals surface area contributed by atoms with Crippen molar-refractivity contribution in [2.45, 2.75) is 32.2 Å². The number of amides is 1. The van der Waals surface area contributed by atoms with Crippen LogP contribution in [0.3, 0.4) is 0 Å². The van der Waals surface area contributed by atoms with Gasteiger partial charge in [0.1, 0.15) is 10.8 Å². The summed E-state index contributed by atoms with van der Waals surface area (Å²) in [5, 5.41) is 3.10. The fourth-order valence-corrected chi connectivity index (χ4v) is 3.70. The Hall–Kier alpha value is -1.88. The first-order chi connectivity index (χ1) is 10.7. The highest BCUT2D eigenvalue weighted by Crippen LogP contribution is 2.32. The summed E-state index contributed by atoms with van der Waals surface area (Å²) < 4.78 is 5.60. The van der Waals surface area contributed by atoms with Crippen molar-refractivity contribution >= 4 is 17.2 Å². The summed E-state index contributed by atoms with van der Waals surface area (Å²) in [6.45, 7) is 2.87. The van der Waals surface area contributed by atoms with E-state index in [-0.39, 0.29) is 18.6 Å². The second kappa shape index (κ2) is 6.92. The third-order valence-electron chi connectivity index (χ3n) is 3.85. The Balaban J connectivity index is 1.66. The first-order valence-corrected chi connectivity index (χ1v) is 8.51. The van der Waals surface area contributed by atoms with Gasteiger partial charge in [0, 0.05) is 17.6 Å². The number of carbonyl (C=O) groups is 1. The summed E-state index contributed by atoms with van der Waals surface area (Å²) in [5.41, 5.74) is 1.03. The number of thiazole rings is 1. The molecule has 1 aromatic carbocycles. The van der Waals surface area contributed by atoms with Crippen molar-refractivity contribution in [1.82, 2.24) is 9.88 Å². The number of piperidine rings is 1.